The lowest BCUT2D eigenvalue weighted by molar-refractivity contribution is -0.137. The number of pyridine rings is 1. The lowest BCUT2D eigenvalue weighted by atomic mass is 9.98. The molecule has 0 saturated carbocycles. The first kappa shape index (κ1) is 25.8. The van der Waals surface area contributed by atoms with E-state index in [-0.39, 0.29) is 34.8 Å². The number of halogens is 3. The number of piperidine rings is 1. The summed E-state index contributed by atoms with van der Waals surface area (Å²) < 4.78 is 47.4. The molecule has 0 bridgehead atoms. The second-order valence-corrected chi connectivity index (χ2v) is 8.87. The van der Waals surface area contributed by atoms with E-state index in [0.29, 0.717) is 37.3 Å². The number of rotatable bonds is 6. The van der Waals surface area contributed by atoms with Gasteiger partial charge in [-0.1, -0.05) is 17.8 Å². The number of amides is 2. The van der Waals surface area contributed by atoms with E-state index in [0.717, 1.165) is 12.1 Å². The van der Waals surface area contributed by atoms with Gasteiger partial charge in [0.05, 0.1) is 28.6 Å². The minimum atomic E-state index is -4.79. The minimum Gasteiger partial charge on any atom is -0.339 e. The second kappa shape index (κ2) is 10.5. The van der Waals surface area contributed by atoms with Crippen molar-refractivity contribution in [2.24, 2.45) is 0 Å². The fraction of sp³-hybridized carbons (Fsp3) is 0.231. The van der Waals surface area contributed by atoms with E-state index in [1.54, 1.807) is 23.1 Å². The van der Waals surface area contributed by atoms with Gasteiger partial charge in [-0.2, -0.15) is 23.3 Å². The Morgan fingerprint density at radius 3 is 2.77 bits per heavy atom. The van der Waals surface area contributed by atoms with Crippen molar-refractivity contribution in [2.45, 2.75) is 24.9 Å². The van der Waals surface area contributed by atoms with Gasteiger partial charge in [-0.25, -0.2) is 4.98 Å². The van der Waals surface area contributed by atoms with E-state index in [1.165, 1.54) is 24.4 Å². The summed E-state index contributed by atoms with van der Waals surface area (Å²) in [6, 6.07) is 9.61. The Labute approximate surface area is 219 Å². The van der Waals surface area contributed by atoms with Crippen molar-refractivity contribution in [1.82, 2.24) is 30.2 Å². The fourth-order valence-electron chi connectivity index (χ4n) is 4.35. The Bertz CT molecular complexity index is 1520. The second-order valence-electron chi connectivity index (χ2n) is 8.87. The maximum absolute atomic E-state index is 14.0. The Morgan fingerprint density at radius 2 is 2.03 bits per heavy atom. The van der Waals surface area contributed by atoms with Gasteiger partial charge in [0.15, 0.2) is 0 Å². The lowest BCUT2D eigenvalue weighted by Crippen LogP contribution is -2.38. The molecule has 1 aliphatic rings. The predicted octanol–water partition coefficient (Wildman–Crippen LogP) is 4.68. The van der Waals surface area contributed by atoms with E-state index >= 15 is 0 Å². The zero-order valence-electron chi connectivity index (χ0n) is 20.4. The van der Waals surface area contributed by atoms with Crippen LogP contribution >= 0.6 is 0 Å². The molecule has 1 unspecified atom stereocenters. The Balaban J connectivity index is 1.38. The highest BCUT2D eigenvalue weighted by Crippen LogP contribution is 2.38. The van der Waals surface area contributed by atoms with E-state index < -0.39 is 23.3 Å². The van der Waals surface area contributed by atoms with Gasteiger partial charge >= 0.3 is 6.18 Å². The third-order valence-electron chi connectivity index (χ3n) is 6.29. The molecule has 200 valence electrons. The van der Waals surface area contributed by atoms with Crippen LogP contribution in [0.2, 0.25) is 0 Å². The molecule has 1 fully saturated rings. The minimum absolute atomic E-state index is 0.0329. The molecular formula is C26H22F3N7O3. The van der Waals surface area contributed by atoms with Crippen LogP contribution in [0.4, 0.5) is 18.9 Å². The maximum Gasteiger partial charge on any atom is 0.418 e. The molecule has 2 N–H and O–H groups in total. The summed E-state index contributed by atoms with van der Waals surface area (Å²) in [5.41, 5.74) is -0.570. The normalized spacial score (nSPS) is 15.7. The molecule has 39 heavy (non-hydrogen) atoms. The SMILES string of the molecule is C=CC(=O)N1CCCC(c2nc(-c3ccc(NC(=O)c4cccc(-c5ccn[nH]5)n4)c(C(F)(F)F)c3)no2)C1. The lowest BCUT2D eigenvalue weighted by Gasteiger charge is -2.30. The molecule has 0 spiro atoms. The molecule has 2 amide bonds. The van der Waals surface area contributed by atoms with Gasteiger partial charge in [0, 0.05) is 24.8 Å². The molecule has 10 nitrogen and oxygen atoms in total. The number of carbonyl (C=O) groups is 2. The molecule has 1 aliphatic heterocycles. The summed E-state index contributed by atoms with van der Waals surface area (Å²) in [4.78, 5) is 34.9. The molecule has 0 aliphatic carbocycles. The van der Waals surface area contributed by atoms with Crippen molar-refractivity contribution in [2.75, 3.05) is 18.4 Å². The summed E-state index contributed by atoms with van der Waals surface area (Å²) in [7, 11) is 0. The van der Waals surface area contributed by atoms with Crippen LogP contribution in [0, 0.1) is 0 Å². The van der Waals surface area contributed by atoms with Crippen molar-refractivity contribution < 1.29 is 27.3 Å². The van der Waals surface area contributed by atoms with Gasteiger partial charge in [0.1, 0.15) is 5.69 Å². The topological polar surface area (TPSA) is 130 Å². The number of hydrogen-bond donors (Lipinski definition) is 2. The summed E-state index contributed by atoms with van der Waals surface area (Å²) in [6.45, 7) is 4.42. The highest BCUT2D eigenvalue weighted by molar-refractivity contribution is 6.03. The van der Waals surface area contributed by atoms with Gasteiger partial charge in [-0.15, -0.1) is 0 Å². The van der Waals surface area contributed by atoms with Crippen molar-refractivity contribution in [1.29, 1.82) is 0 Å². The number of nitrogens with zero attached hydrogens (tertiary/aromatic N) is 5. The molecule has 13 heteroatoms. The fourth-order valence-corrected chi connectivity index (χ4v) is 4.35. The highest BCUT2D eigenvalue weighted by Gasteiger charge is 2.35. The molecule has 4 aromatic rings. The van der Waals surface area contributed by atoms with Gasteiger partial charge < -0.3 is 14.7 Å². The maximum atomic E-state index is 14.0. The molecule has 1 aromatic carbocycles. The molecular weight excluding hydrogens is 515 g/mol. The number of nitrogens with one attached hydrogen (secondary N) is 2. The zero-order valence-corrected chi connectivity index (χ0v) is 20.4. The number of benzene rings is 1. The smallest absolute Gasteiger partial charge is 0.339 e. The van der Waals surface area contributed by atoms with Crippen LogP contribution in [0.25, 0.3) is 22.8 Å². The summed E-state index contributed by atoms with van der Waals surface area (Å²) in [5.74, 6) is -1.06. The number of aromatic amines is 1. The Morgan fingerprint density at radius 1 is 1.18 bits per heavy atom. The number of hydrogen-bond acceptors (Lipinski definition) is 7. The third-order valence-corrected chi connectivity index (χ3v) is 6.29. The van der Waals surface area contributed by atoms with E-state index in [1.807, 2.05) is 0 Å². The summed E-state index contributed by atoms with van der Waals surface area (Å²) in [6.07, 6.45) is -0.634. The largest absolute Gasteiger partial charge is 0.418 e. The molecule has 3 aromatic heterocycles. The zero-order chi connectivity index (χ0) is 27.6. The molecule has 5 rings (SSSR count). The number of aromatic nitrogens is 5. The average molecular weight is 538 g/mol. The first-order chi connectivity index (χ1) is 18.7. The molecule has 4 heterocycles. The Hall–Kier alpha value is -4.81. The van der Waals surface area contributed by atoms with E-state index in [4.69, 9.17) is 4.52 Å². The molecule has 1 atom stereocenters. The van der Waals surface area contributed by atoms with Crippen LogP contribution in [0.15, 0.2) is 65.8 Å². The summed E-state index contributed by atoms with van der Waals surface area (Å²) in [5, 5.41) is 12.7. The highest BCUT2D eigenvalue weighted by atomic mass is 19.4. The quantitative estimate of drug-likeness (QED) is 0.342. The van der Waals surface area contributed by atoms with Crippen molar-refractivity contribution in [3.8, 4) is 22.8 Å². The van der Waals surface area contributed by atoms with Gasteiger partial charge in [0.25, 0.3) is 5.91 Å². The van der Waals surface area contributed by atoms with Crippen LogP contribution in [0.3, 0.4) is 0 Å². The molecule has 1 saturated heterocycles. The molecule has 0 radical (unpaired) electrons. The van der Waals surface area contributed by atoms with E-state index in [9.17, 15) is 22.8 Å². The van der Waals surface area contributed by atoms with Crippen molar-refractivity contribution >= 4 is 17.5 Å². The number of H-pyrrole nitrogens is 1. The van der Waals surface area contributed by atoms with Crippen LogP contribution in [0.1, 0.15) is 40.7 Å². The number of carbonyl (C=O) groups excluding carboxylic acids is 2. The van der Waals surface area contributed by atoms with Crippen LogP contribution in [-0.4, -0.2) is 55.1 Å². The first-order valence-electron chi connectivity index (χ1n) is 12.0. The first-order valence-corrected chi connectivity index (χ1v) is 12.0. The van der Waals surface area contributed by atoms with Crippen molar-refractivity contribution in [3.63, 3.8) is 0 Å². The van der Waals surface area contributed by atoms with Crippen LogP contribution in [0.5, 0.6) is 0 Å². The number of anilines is 1. The summed E-state index contributed by atoms with van der Waals surface area (Å²) >= 11 is 0. The third kappa shape index (κ3) is 5.56. The number of alkyl halides is 3. The average Bonchev–Trinajstić information content (AvgIpc) is 3.66. The van der Waals surface area contributed by atoms with Gasteiger partial charge in [-0.3, -0.25) is 14.7 Å². The van der Waals surface area contributed by atoms with Crippen LogP contribution < -0.4 is 5.32 Å². The van der Waals surface area contributed by atoms with Crippen molar-refractivity contribution in [3.05, 3.63) is 78.5 Å². The van der Waals surface area contributed by atoms with E-state index in [2.05, 4.69) is 37.2 Å². The Kier molecular flexibility index (Phi) is 6.96. The monoisotopic (exact) mass is 537 g/mol. The van der Waals surface area contributed by atoms with Crippen LogP contribution in [-0.2, 0) is 11.0 Å². The predicted molar refractivity (Wildman–Crippen MR) is 133 cm³/mol. The van der Waals surface area contributed by atoms with Gasteiger partial charge in [-0.05, 0) is 55.3 Å². The number of likely N-dealkylation sites (tertiary alicyclic amines) is 1. The van der Waals surface area contributed by atoms with Gasteiger partial charge in [0.2, 0.25) is 17.6 Å². The standard InChI is InChI=1S/C26H22F3N7O3/c1-2-22(37)36-12-4-5-16(14-36)25-33-23(35-39-25)15-8-9-18(17(13-15)26(27,28)29)32-24(38)21-7-3-6-19(31-21)20-10-11-30-34-20/h2-3,6-11,13,16H,1,4-5,12,14H2,(H,30,34)(H,32,38).